The Morgan fingerprint density at radius 1 is 1.00 bits per heavy atom. The van der Waals surface area contributed by atoms with Gasteiger partial charge in [-0.3, -0.25) is 0 Å². The van der Waals surface area contributed by atoms with Gasteiger partial charge in [-0.1, -0.05) is 37.3 Å². The number of amides is 2. The van der Waals surface area contributed by atoms with Gasteiger partial charge in [0.1, 0.15) is 13.2 Å². The van der Waals surface area contributed by atoms with Crippen molar-refractivity contribution in [2.24, 2.45) is 0 Å². The molecule has 0 aromatic heterocycles. The molecule has 0 spiro atoms. The smallest absolute Gasteiger partial charge is 0.317 e. The highest BCUT2D eigenvalue weighted by Crippen LogP contribution is 2.31. The molecule has 156 valence electrons. The van der Waals surface area contributed by atoms with Gasteiger partial charge in [-0.25, -0.2) is 4.79 Å². The number of nitrogens with zero attached hydrogens (tertiary/aromatic N) is 2. The number of nitrogens with one attached hydrogen (secondary N) is 1. The molecule has 0 fully saturated rings. The molecule has 6 nitrogen and oxygen atoms in total. The van der Waals surface area contributed by atoms with Crippen LogP contribution in [0.2, 0.25) is 0 Å². The van der Waals surface area contributed by atoms with Gasteiger partial charge in [-0.15, -0.1) is 0 Å². The number of hydrogen-bond acceptors (Lipinski definition) is 4. The maximum Gasteiger partial charge on any atom is 0.317 e. The maximum absolute atomic E-state index is 12.6. The Balaban J connectivity index is 1.57. The predicted octanol–water partition coefficient (Wildman–Crippen LogP) is 3.46. The minimum absolute atomic E-state index is 0.100. The standard InChI is InChI=1S/C23H31N3O3/c1-5-17-6-9-19(10-7-17)20(25(2)3)15-24-23(27)26(4)16-18-8-11-21-22(14-18)29-13-12-28-21/h6-11,14,20H,5,12-13,15-16H2,1-4H3,(H,24,27). The predicted molar refractivity (Wildman–Crippen MR) is 115 cm³/mol. The molecule has 2 aromatic rings. The summed E-state index contributed by atoms with van der Waals surface area (Å²) >= 11 is 0. The largest absolute Gasteiger partial charge is 0.486 e. The Morgan fingerprint density at radius 3 is 2.31 bits per heavy atom. The third-order valence-corrected chi connectivity index (χ3v) is 5.22. The molecule has 0 aliphatic carbocycles. The molecule has 3 rings (SSSR count). The third-order valence-electron chi connectivity index (χ3n) is 5.22. The van der Waals surface area contributed by atoms with Gasteiger partial charge >= 0.3 is 6.03 Å². The molecule has 1 aliphatic heterocycles. The summed E-state index contributed by atoms with van der Waals surface area (Å²) < 4.78 is 11.2. The van der Waals surface area contributed by atoms with Crippen LogP contribution in [-0.4, -0.2) is 56.7 Å². The first-order valence-electron chi connectivity index (χ1n) is 10.1. The molecule has 29 heavy (non-hydrogen) atoms. The summed E-state index contributed by atoms with van der Waals surface area (Å²) in [6, 6.07) is 14.4. The topological polar surface area (TPSA) is 54.0 Å². The van der Waals surface area contributed by atoms with Crippen molar-refractivity contribution in [3.63, 3.8) is 0 Å². The van der Waals surface area contributed by atoms with Gasteiger partial charge in [0.05, 0.1) is 6.04 Å². The molecule has 1 N–H and O–H groups in total. The highest BCUT2D eigenvalue weighted by Gasteiger charge is 2.18. The van der Waals surface area contributed by atoms with Gasteiger partial charge < -0.3 is 24.6 Å². The van der Waals surface area contributed by atoms with E-state index in [-0.39, 0.29) is 12.1 Å². The Morgan fingerprint density at radius 2 is 1.66 bits per heavy atom. The van der Waals surface area contributed by atoms with E-state index in [2.05, 4.69) is 41.4 Å². The highest BCUT2D eigenvalue weighted by molar-refractivity contribution is 5.74. The Kier molecular flexibility index (Phi) is 6.99. The summed E-state index contributed by atoms with van der Waals surface area (Å²) in [4.78, 5) is 16.4. The van der Waals surface area contributed by atoms with Crippen LogP contribution in [0.1, 0.15) is 29.7 Å². The number of carbonyl (C=O) groups is 1. The normalized spacial score (nSPS) is 13.8. The van der Waals surface area contributed by atoms with Crippen LogP contribution in [0.5, 0.6) is 11.5 Å². The quantitative estimate of drug-likeness (QED) is 0.777. The lowest BCUT2D eigenvalue weighted by Crippen LogP contribution is -2.41. The van der Waals surface area contributed by atoms with Crippen molar-refractivity contribution in [2.45, 2.75) is 25.9 Å². The molecule has 0 radical (unpaired) electrons. The molecule has 0 saturated heterocycles. The fourth-order valence-electron chi connectivity index (χ4n) is 3.42. The molecule has 2 amide bonds. The summed E-state index contributed by atoms with van der Waals surface area (Å²) in [7, 11) is 5.86. The fourth-order valence-corrected chi connectivity index (χ4v) is 3.42. The monoisotopic (exact) mass is 397 g/mol. The molecule has 0 saturated carbocycles. The second kappa shape index (κ2) is 9.65. The first-order chi connectivity index (χ1) is 14.0. The van der Waals surface area contributed by atoms with Gasteiger partial charge in [0.2, 0.25) is 0 Å². The van der Waals surface area contributed by atoms with Crippen LogP contribution in [-0.2, 0) is 13.0 Å². The molecule has 1 unspecified atom stereocenters. The van der Waals surface area contributed by atoms with Crippen molar-refractivity contribution < 1.29 is 14.3 Å². The van der Waals surface area contributed by atoms with Crippen molar-refractivity contribution in [1.82, 2.24) is 15.1 Å². The van der Waals surface area contributed by atoms with E-state index in [0.29, 0.717) is 26.3 Å². The lowest BCUT2D eigenvalue weighted by molar-refractivity contribution is 0.171. The molecule has 2 aromatic carbocycles. The first-order valence-corrected chi connectivity index (χ1v) is 10.1. The zero-order valence-electron chi connectivity index (χ0n) is 17.8. The number of ether oxygens (including phenoxy) is 2. The van der Waals surface area contributed by atoms with E-state index in [1.807, 2.05) is 32.3 Å². The van der Waals surface area contributed by atoms with Crippen molar-refractivity contribution in [1.29, 1.82) is 0 Å². The first kappa shape index (κ1) is 21.0. The number of rotatable bonds is 7. The number of aryl methyl sites for hydroxylation is 1. The zero-order chi connectivity index (χ0) is 20.8. The second-order valence-corrected chi connectivity index (χ2v) is 7.59. The van der Waals surface area contributed by atoms with Crippen molar-refractivity contribution in [3.8, 4) is 11.5 Å². The molecule has 1 heterocycles. The summed E-state index contributed by atoms with van der Waals surface area (Å²) in [5, 5.41) is 3.06. The van der Waals surface area contributed by atoms with E-state index in [1.54, 1.807) is 11.9 Å². The molecule has 1 atom stereocenters. The average Bonchev–Trinajstić information content (AvgIpc) is 2.73. The van der Waals surface area contributed by atoms with Gasteiger partial charge in [0, 0.05) is 20.1 Å². The lowest BCUT2D eigenvalue weighted by atomic mass is 10.0. The van der Waals surface area contributed by atoms with Crippen LogP contribution in [0.15, 0.2) is 42.5 Å². The van der Waals surface area contributed by atoms with Gasteiger partial charge in [0.15, 0.2) is 11.5 Å². The van der Waals surface area contributed by atoms with E-state index in [1.165, 1.54) is 11.1 Å². The minimum Gasteiger partial charge on any atom is -0.486 e. The summed E-state index contributed by atoms with van der Waals surface area (Å²) in [6.45, 7) is 4.32. The molecule has 0 bridgehead atoms. The molecular formula is C23H31N3O3. The van der Waals surface area contributed by atoms with Crippen molar-refractivity contribution in [3.05, 3.63) is 59.2 Å². The number of fused-ring (bicyclic) bond motifs is 1. The van der Waals surface area contributed by atoms with E-state index < -0.39 is 0 Å². The number of urea groups is 1. The van der Waals surface area contributed by atoms with Crippen LogP contribution in [0, 0.1) is 0 Å². The fraction of sp³-hybridized carbons (Fsp3) is 0.435. The van der Waals surface area contributed by atoms with Crippen LogP contribution in [0.4, 0.5) is 4.79 Å². The van der Waals surface area contributed by atoms with E-state index in [9.17, 15) is 4.79 Å². The van der Waals surface area contributed by atoms with E-state index in [0.717, 1.165) is 23.5 Å². The summed E-state index contributed by atoms with van der Waals surface area (Å²) in [5.41, 5.74) is 3.52. The average molecular weight is 398 g/mol. The Hall–Kier alpha value is -2.73. The molecule has 1 aliphatic rings. The zero-order valence-corrected chi connectivity index (χ0v) is 17.8. The molecule has 6 heteroatoms. The maximum atomic E-state index is 12.6. The van der Waals surface area contributed by atoms with E-state index >= 15 is 0 Å². The van der Waals surface area contributed by atoms with Gasteiger partial charge in [0.25, 0.3) is 0 Å². The van der Waals surface area contributed by atoms with Crippen molar-refractivity contribution in [2.75, 3.05) is 40.9 Å². The number of benzene rings is 2. The van der Waals surface area contributed by atoms with Crippen LogP contribution < -0.4 is 14.8 Å². The highest BCUT2D eigenvalue weighted by atomic mass is 16.6. The lowest BCUT2D eigenvalue weighted by Gasteiger charge is -2.27. The molecular weight excluding hydrogens is 366 g/mol. The SMILES string of the molecule is CCc1ccc(C(CNC(=O)N(C)Cc2ccc3c(c2)OCCO3)N(C)C)cc1. The van der Waals surface area contributed by atoms with Gasteiger partial charge in [-0.05, 0) is 49.3 Å². The Labute approximate surface area is 173 Å². The van der Waals surface area contributed by atoms with Crippen LogP contribution in [0.3, 0.4) is 0 Å². The van der Waals surface area contributed by atoms with Crippen LogP contribution in [0.25, 0.3) is 0 Å². The second-order valence-electron chi connectivity index (χ2n) is 7.59. The summed E-state index contributed by atoms with van der Waals surface area (Å²) in [5.74, 6) is 1.50. The summed E-state index contributed by atoms with van der Waals surface area (Å²) in [6.07, 6.45) is 1.02. The minimum atomic E-state index is -0.100. The third kappa shape index (κ3) is 5.41. The van der Waals surface area contributed by atoms with E-state index in [4.69, 9.17) is 9.47 Å². The van der Waals surface area contributed by atoms with Crippen LogP contribution >= 0.6 is 0 Å². The van der Waals surface area contributed by atoms with Crippen molar-refractivity contribution >= 4 is 6.03 Å². The number of carbonyl (C=O) groups excluding carboxylic acids is 1. The number of likely N-dealkylation sites (N-methyl/N-ethyl adjacent to an activating group) is 1. The number of hydrogen-bond donors (Lipinski definition) is 1. The van der Waals surface area contributed by atoms with Gasteiger partial charge in [-0.2, -0.15) is 0 Å². The Bertz CT molecular complexity index is 821.